The van der Waals surface area contributed by atoms with Crippen LogP contribution in [0.15, 0.2) is 36.4 Å². The van der Waals surface area contributed by atoms with Crippen LogP contribution in [0.3, 0.4) is 0 Å². The van der Waals surface area contributed by atoms with Crippen LogP contribution in [-0.4, -0.2) is 83.2 Å². The molecule has 176 valence electrons. The number of aliphatic hydroxyl groups is 4. The molecule has 0 aliphatic carbocycles. The number of rotatable bonds is 7. The van der Waals surface area contributed by atoms with E-state index < -0.39 is 48.9 Å². The van der Waals surface area contributed by atoms with Crippen molar-refractivity contribution in [3.8, 4) is 23.0 Å². The fourth-order valence-corrected chi connectivity index (χ4v) is 3.49. The van der Waals surface area contributed by atoms with Crippen molar-refractivity contribution >= 4 is 11.6 Å². The summed E-state index contributed by atoms with van der Waals surface area (Å²) in [4.78, 5) is 25.6. The van der Waals surface area contributed by atoms with Gasteiger partial charge < -0.3 is 44.1 Å². The van der Waals surface area contributed by atoms with Crippen LogP contribution >= 0.6 is 0 Å². The molecule has 5 atom stereocenters. The highest BCUT2D eigenvalue weighted by Gasteiger charge is 2.45. The summed E-state index contributed by atoms with van der Waals surface area (Å²) in [6.07, 6.45) is -7.62. The van der Waals surface area contributed by atoms with E-state index in [1.54, 1.807) is 12.1 Å². The third-order valence-corrected chi connectivity index (χ3v) is 5.35. The van der Waals surface area contributed by atoms with Crippen LogP contribution in [0.1, 0.15) is 20.7 Å². The Morgan fingerprint density at radius 2 is 1.67 bits per heavy atom. The number of aliphatic hydroxyl groups excluding tert-OH is 4. The largest absolute Gasteiger partial charge is 0.497 e. The average molecular weight is 462 g/mol. The van der Waals surface area contributed by atoms with Gasteiger partial charge in [0, 0.05) is 11.1 Å². The van der Waals surface area contributed by atoms with Crippen molar-refractivity contribution in [2.75, 3.05) is 20.5 Å². The van der Waals surface area contributed by atoms with Gasteiger partial charge in [-0.3, -0.25) is 9.59 Å². The first kappa shape index (κ1) is 23.0. The van der Waals surface area contributed by atoms with Gasteiger partial charge in [0.25, 0.3) is 0 Å². The van der Waals surface area contributed by atoms with E-state index >= 15 is 0 Å². The van der Waals surface area contributed by atoms with Crippen LogP contribution in [0.5, 0.6) is 23.0 Å². The van der Waals surface area contributed by atoms with Crippen molar-refractivity contribution in [1.29, 1.82) is 0 Å². The summed E-state index contributed by atoms with van der Waals surface area (Å²) in [5.41, 5.74) is 0.0783. The van der Waals surface area contributed by atoms with Gasteiger partial charge >= 0.3 is 0 Å². The van der Waals surface area contributed by atoms with E-state index in [0.717, 1.165) is 0 Å². The van der Waals surface area contributed by atoms with Gasteiger partial charge in [0.1, 0.15) is 30.2 Å². The molecule has 0 saturated carbocycles. The van der Waals surface area contributed by atoms with Crippen molar-refractivity contribution in [2.45, 2.75) is 30.7 Å². The van der Waals surface area contributed by atoms with Crippen LogP contribution in [-0.2, 0) is 4.74 Å². The Bertz CT molecular complexity index is 1030. The summed E-state index contributed by atoms with van der Waals surface area (Å²) in [5.74, 6) is -0.978. The fraction of sp³-hybridized carbons (Fsp3) is 0.364. The van der Waals surface area contributed by atoms with E-state index in [0.29, 0.717) is 5.75 Å². The van der Waals surface area contributed by atoms with Gasteiger partial charge in [-0.2, -0.15) is 0 Å². The zero-order chi connectivity index (χ0) is 23.7. The molecule has 2 aliphatic rings. The molecular weight excluding hydrogens is 440 g/mol. The second-order valence-electron chi connectivity index (χ2n) is 7.41. The quantitative estimate of drug-likeness (QED) is 0.315. The Kier molecular flexibility index (Phi) is 6.49. The van der Waals surface area contributed by atoms with Crippen LogP contribution in [0.4, 0.5) is 0 Å². The number of fused-ring (bicyclic) bond motifs is 1. The second kappa shape index (κ2) is 9.33. The molecule has 4 rings (SSSR count). The third kappa shape index (κ3) is 4.36. The summed E-state index contributed by atoms with van der Waals surface area (Å²) >= 11 is 0. The molecule has 2 aliphatic heterocycles. The molecule has 2 aromatic rings. The fourth-order valence-electron chi connectivity index (χ4n) is 3.49. The predicted octanol–water partition coefficient (Wildman–Crippen LogP) is -0.332. The Morgan fingerprint density at radius 1 is 0.970 bits per heavy atom. The zero-order valence-electron chi connectivity index (χ0n) is 17.4. The lowest BCUT2D eigenvalue weighted by atomic mass is 9.99. The van der Waals surface area contributed by atoms with E-state index in [9.17, 15) is 30.0 Å². The Morgan fingerprint density at radius 3 is 2.33 bits per heavy atom. The number of methoxy groups -OCH3 is 1. The lowest BCUT2D eigenvalue weighted by Gasteiger charge is -2.39. The molecule has 1 saturated heterocycles. The molecular formula is C22H22O11. The summed E-state index contributed by atoms with van der Waals surface area (Å²) in [7, 11) is 1.48. The van der Waals surface area contributed by atoms with Crippen LogP contribution in [0, 0.1) is 0 Å². The topological polar surface area (TPSA) is 161 Å². The molecule has 2 aromatic carbocycles. The average Bonchev–Trinajstić information content (AvgIpc) is 3.32. The summed E-state index contributed by atoms with van der Waals surface area (Å²) in [5, 5.41) is 39.5. The predicted molar refractivity (Wildman–Crippen MR) is 109 cm³/mol. The maximum atomic E-state index is 12.9. The molecule has 0 amide bonds. The first-order chi connectivity index (χ1) is 15.8. The lowest BCUT2D eigenvalue weighted by Crippen LogP contribution is -2.60. The van der Waals surface area contributed by atoms with E-state index in [2.05, 4.69) is 0 Å². The van der Waals surface area contributed by atoms with Crippen molar-refractivity contribution in [3.05, 3.63) is 47.5 Å². The Labute approximate surface area is 187 Å². The van der Waals surface area contributed by atoms with Gasteiger partial charge in [-0.25, -0.2) is 0 Å². The number of benzene rings is 2. The van der Waals surface area contributed by atoms with Gasteiger partial charge in [-0.15, -0.1) is 0 Å². The summed E-state index contributed by atoms with van der Waals surface area (Å²) in [6, 6.07) is 8.56. The third-order valence-electron chi connectivity index (χ3n) is 5.35. The first-order valence-corrected chi connectivity index (χ1v) is 9.98. The molecule has 0 radical (unpaired) electrons. The molecule has 2 heterocycles. The molecule has 11 nitrogen and oxygen atoms in total. The second-order valence-corrected chi connectivity index (χ2v) is 7.41. The Hall–Kier alpha value is -3.22. The number of hydrogen-bond acceptors (Lipinski definition) is 11. The number of Topliss-reactive ketones (excluding diaryl/α,β-unsaturated/α-hetero) is 2. The number of hydrogen-bond donors (Lipinski definition) is 4. The van der Waals surface area contributed by atoms with Crippen LogP contribution in [0.2, 0.25) is 0 Å². The minimum absolute atomic E-state index is 0.0698. The lowest BCUT2D eigenvalue weighted by molar-refractivity contribution is -0.277. The van der Waals surface area contributed by atoms with E-state index in [4.69, 9.17) is 23.7 Å². The van der Waals surface area contributed by atoms with Gasteiger partial charge in [-0.1, -0.05) is 0 Å². The molecule has 0 unspecified atom stereocenters. The highest BCUT2D eigenvalue weighted by molar-refractivity contribution is 6.49. The van der Waals surface area contributed by atoms with Gasteiger partial charge in [0.15, 0.2) is 11.5 Å². The smallest absolute Gasteiger partial charge is 0.233 e. The Balaban J connectivity index is 1.61. The highest BCUT2D eigenvalue weighted by atomic mass is 16.7. The maximum Gasteiger partial charge on any atom is 0.233 e. The number of ketones is 2. The van der Waals surface area contributed by atoms with Crippen LogP contribution in [0.25, 0.3) is 0 Å². The molecule has 11 heteroatoms. The summed E-state index contributed by atoms with van der Waals surface area (Å²) in [6.45, 7) is -0.818. The van der Waals surface area contributed by atoms with Crippen LogP contribution < -0.4 is 18.9 Å². The minimum atomic E-state index is -1.68. The highest BCUT2D eigenvalue weighted by Crippen LogP contribution is 2.43. The number of carbonyl (C=O) groups excluding carboxylic acids is 2. The molecule has 1 fully saturated rings. The standard InChI is InChI=1S/C22H22O11/c1-29-12-4-2-10(3-5-12)16(24)17(25)11-6-13-21(31-9-30-13)14(7-11)32-22-20(28)19(27)18(26)15(8-23)33-22/h2-7,15,18-20,22-23,26-28H,8-9H2,1H3/t15-,18-,19+,20-,22-/m1/s1. The van der Waals surface area contributed by atoms with Crippen molar-refractivity contribution < 1.29 is 53.7 Å². The van der Waals surface area contributed by atoms with Gasteiger partial charge in [-0.05, 0) is 36.4 Å². The number of carbonyl (C=O) groups is 2. The molecule has 0 bridgehead atoms. The monoisotopic (exact) mass is 462 g/mol. The van der Waals surface area contributed by atoms with E-state index in [-0.39, 0.29) is 35.2 Å². The molecule has 4 N–H and O–H groups in total. The van der Waals surface area contributed by atoms with Crippen molar-refractivity contribution in [2.24, 2.45) is 0 Å². The molecule has 0 spiro atoms. The zero-order valence-corrected chi connectivity index (χ0v) is 17.4. The van der Waals surface area contributed by atoms with Crippen molar-refractivity contribution in [3.63, 3.8) is 0 Å². The van der Waals surface area contributed by atoms with E-state index in [1.165, 1.54) is 31.4 Å². The van der Waals surface area contributed by atoms with Gasteiger partial charge in [0.2, 0.25) is 30.4 Å². The number of ether oxygens (including phenoxy) is 5. The van der Waals surface area contributed by atoms with Gasteiger partial charge in [0.05, 0.1) is 13.7 Å². The summed E-state index contributed by atoms with van der Waals surface area (Å²) < 4.78 is 26.7. The first-order valence-electron chi connectivity index (χ1n) is 9.98. The molecule has 33 heavy (non-hydrogen) atoms. The maximum absolute atomic E-state index is 12.9. The van der Waals surface area contributed by atoms with E-state index in [1.807, 2.05) is 0 Å². The normalized spacial score (nSPS) is 26.0. The van der Waals surface area contributed by atoms with Crippen molar-refractivity contribution in [1.82, 2.24) is 0 Å². The SMILES string of the molecule is COc1ccc(C(=O)C(=O)c2cc3c(c(O[C@@H]4O[C@H](CO)[C@@H](O)[C@H](O)[C@H]4O)c2)OCO3)cc1. The molecule has 0 aromatic heterocycles. The minimum Gasteiger partial charge on any atom is -0.497 e.